The van der Waals surface area contributed by atoms with Crippen molar-refractivity contribution >= 4 is 23.9 Å². The van der Waals surface area contributed by atoms with Crippen LogP contribution in [0.2, 0.25) is 0 Å². The summed E-state index contributed by atoms with van der Waals surface area (Å²) >= 11 is 0. The Hall–Kier alpha value is -3.14. The third-order valence-electron chi connectivity index (χ3n) is 3.95. The van der Waals surface area contributed by atoms with E-state index in [-0.39, 0.29) is 19.4 Å². The lowest BCUT2D eigenvalue weighted by Gasteiger charge is -2.24. The molecule has 0 aromatic heterocycles. The van der Waals surface area contributed by atoms with Crippen molar-refractivity contribution in [2.24, 2.45) is 0 Å². The van der Waals surface area contributed by atoms with Crippen molar-refractivity contribution in [2.75, 3.05) is 13.7 Å². The molecule has 0 aliphatic heterocycles. The van der Waals surface area contributed by atoms with E-state index in [1.807, 2.05) is 30.3 Å². The molecule has 0 saturated carbocycles. The van der Waals surface area contributed by atoms with Gasteiger partial charge in [0.25, 0.3) is 0 Å². The summed E-state index contributed by atoms with van der Waals surface area (Å²) in [5.41, 5.74) is 0.0386. The van der Waals surface area contributed by atoms with Gasteiger partial charge in [0.2, 0.25) is 11.8 Å². The van der Waals surface area contributed by atoms with E-state index in [1.54, 1.807) is 20.8 Å². The standard InChI is InChI=1S/C21H31N3O7/c1-21(2,3)31-20(29)24-16(12-25)19(28)23-15(18(27)22-4)10-11-17(26)30-13-14-8-6-5-7-9-14/h5-9,15-16,25H,10-13H2,1-4H3,(H,22,27)(H,23,28)(H,24,29)/t15?,16-/m1/s1. The quantitative estimate of drug-likeness (QED) is 0.393. The fourth-order valence-electron chi connectivity index (χ4n) is 2.43. The molecule has 0 heterocycles. The molecule has 0 spiro atoms. The Morgan fingerprint density at radius 2 is 1.65 bits per heavy atom. The third-order valence-corrected chi connectivity index (χ3v) is 3.95. The van der Waals surface area contributed by atoms with Crippen LogP contribution in [-0.2, 0) is 30.5 Å². The maximum absolute atomic E-state index is 12.4. The largest absolute Gasteiger partial charge is 0.461 e. The van der Waals surface area contributed by atoms with Crippen LogP contribution < -0.4 is 16.0 Å². The van der Waals surface area contributed by atoms with Crippen molar-refractivity contribution in [1.29, 1.82) is 0 Å². The topological polar surface area (TPSA) is 143 Å². The second kappa shape index (κ2) is 12.5. The summed E-state index contributed by atoms with van der Waals surface area (Å²) in [7, 11) is 1.39. The highest BCUT2D eigenvalue weighted by atomic mass is 16.6. The Morgan fingerprint density at radius 1 is 1.00 bits per heavy atom. The maximum Gasteiger partial charge on any atom is 0.408 e. The summed E-state index contributed by atoms with van der Waals surface area (Å²) in [5, 5.41) is 16.5. The van der Waals surface area contributed by atoms with Crippen LogP contribution in [0.25, 0.3) is 0 Å². The number of nitrogens with one attached hydrogen (secondary N) is 3. The van der Waals surface area contributed by atoms with Crippen LogP contribution >= 0.6 is 0 Å². The Balaban J connectivity index is 2.61. The van der Waals surface area contributed by atoms with Gasteiger partial charge in [0.05, 0.1) is 6.61 Å². The summed E-state index contributed by atoms with van der Waals surface area (Å²) in [6.45, 7) is 4.35. The highest BCUT2D eigenvalue weighted by Crippen LogP contribution is 2.08. The van der Waals surface area contributed by atoms with Gasteiger partial charge in [-0.15, -0.1) is 0 Å². The number of esters is 1. The van der Waals surface area contributed by atoms with E-state index in [0.717, 1.165) is 5.56 Å². The number of hydrogen-bond acceptors (Lipinski definition) is 7. The Morgan fingerprint density at radius 3 is 2.19 bits per heavy atom. The smallest absolute Gasteiger partial charge is 0.408 e. The number of hydrogen-bond donors (Lipinski definition) is 4. The molecule has 0 aliphatic rings. The maximum atomic E-state index is 12.4. The van der Waals surface area contributed by atoms with Crippen LogP contribution in [-0.4, -0.2) is 60.3 Å². The number of benzene rings is 1. The van der Waals surface area contributed by atoms with Gasteiger partial charge in [0.15, 0.2) is 0 Å². The molecule has 0 saturated heterocycles. The summed E-state index contributed by atoms with van der Waals surface area (Å²) in [4.78, 5) is 48.4. The molecular formula is C21H31N3O7. The van der Waals surface area contributed by atoms with E-state index in [9.17, 15) is 24.3 Å². The first-order valence-electron chi connectivity index (χ1n) is 9.87. The van der Waals surface area contributed by atoms with Crippen molar-refractivity contribution in [2.45, 2.75) is 57.9 Å². The predicted octanol–water partition coefficient (Wildman–Crippen LogP) is 0.626. The first-order valence-corrected chi connectivity index (χ1v) is 9.87. The molecule has 1 aromatic rings. The molecule has 10 heteroatoms. The van der Waals surface area contributed by atoms with E-state index >= 15 is 0 Å². The molecule has 0 fully saturated rings. The van der Waals surface area contributed by atoms with Gasteiger partial charge in [-0.3, -0.25) is 14.4 Å². The van der Waals surface area contributed by atoms with Gasteiger partial charge in [-0.1, -0.05) is 30.3 Å². The van der Waals surface area contributed by atoms with Crippen LogP contribution in [0.3, 0.4) is 0 Å². The zero-order valence-corrected chi connectivity index (χ0v) is 18.3. The number of aliphatic hydroxyl groups excluding tert-OH is 1. The molecule has 0 bridgehead atoms. The number of likely N-dealkylation sites (N-methyl/N-ethyl adjacent to an activating group) is 1. The van der Waals surface area contributed by atoms with Crippen molar-refractivity contribution in [3.05, 3.63) is 35.9 Å². The molecule has 1 unspecified atom stereocenters. The molecule has 172 valence electrons. The Kier molecular flexibility index (Phi) is 10.5. The fourth-order valence-corrected chi connectivity index (χ4v) is 2.43. The predicted molar refractivity (Wildman–Crippen MR) is 112 cm³/mol. The van der Waals surface area contributed by atoms with Crippen LogP contribution in [0.15, 0.2) is 30.3 Å². The SMILES string of the molecule is CNC(=O)C(CCC(=O)OCc1ccccc1)NC(=O)[C@@H](CO)NC(=O)OC(C)(C)C. The molecule has 4 N–H and O–H groups in total. The molecule has 10 nitrogen and oxygen atoms in total. The zero-order valence-electron chi connectivity index (χ0n) is 18.3. The molecular weight excluding hydrogens is 406 g/mol. The third kappa shape index (κ3) is 10.4. The van der Waals surface area contributed by atoms with Crippen molar-refractivity contribution in [3.8, 4) is 0 Å². The van der Waals surface area contributed by atoms with E-state index in [4.69, 9.17) is 9.47 Å². The van der Waals surface area contributed by atoms with Crippen LogP contribution in [0.1, 0.15) is 39.2 Å². The van der Waals surface area contributed by atoms with Crippen LogP contribution in [0.4, 0.5) is 4.79 Å². The minimum atomic E-state index is -1.33. The highest BCUT2D eigenvalue weighted by molar-refractivity contribution is 5.91. The number of rotatable bonds is 10. The minimum absolute atomic E-state index is 0.0242. The second-order valence-corrected chi connectivity index (χ2v) is 7.74. The average Bonchev–Trinajstić information content (AvgIpc) is 2.72. The van der Waals surface area contributed by atoms with Crippen molar-refractivity contribution < 1.29 is 33.8 Å². The molecule has 0 aliphatic carbocycles. The number of amides is 3. The highest BCUT2D eigenvalue weighted by Gasteiger charge is 2.28. The summed E-state index contributed by atoms with van der Waals surface area (Å²) < 4.78 is 10.2. The van der Waals surface area contributed by atoms with E-state index < -0.39 is 48.2 Å². The van der Waals surface area contributed by atoms with Gasteiger partial charge < -0.3 is 30.5 Å². The van der Waals surface area contributed by atoms with Gasteiger partial charge in [-0.05, 0) is 32.8 Å². The number of carbonyl (C=O) groups excluding carboxylic acids is 4. The number of alkyl carbamates (subject to hydrolysis) is 1. The van der Waals surface area contributed by atoms with E-state index in [2.05, 4.69) is 16.0 Å². The lowest BCUT2D eigenvalue weighted by molar-refractivity contribution is -0.145. The number of aliphatic hydroxyl groups is 1. The average molecular weight is 437 g/mol. The van der Waals surface area contributed by atoms with Gasteiger partial charge in [0, 0.05) is 13.5 Å². The van der Waals surface area contributed by atoms with Crippen LogP contribution in [0, 0.1) is 0 Å². The zero-order chi connectivity index (χ0) is 23.4. The minimum Gasteiger partial charge on any atom is -0.461 e. The van der Waals surface area contributed by atoms with E-state index in [1.165, 1.54) is 7.05 Å². The van der Waals surface area contributed by atoms with Gasteiger partial charge in [-0.25, -0.2) is 4.79 Å². The summed E-state index contributed by atoms with van der Waals surface area (Å²) in [5.74, 6) is -1.85. The van der Waals surface area contributed by atoms with Crippen molar-refractivity contribution in [1.82, 2.24) is 16.0 Å². The molecule has 0 radical (unpaired) electrons. The van der Waals surface area contributed by atoms with E-state index in [0.29, 0.717) is 0 Å². The fraction of sp³-hybridized carbons (Fsp3) is 0.524. The van der Waals surface area contributed by atoms with Crippen LogP contribution in [0.5, 0.6) is 0 Å². The van der Waals surface area contributed by atoms with Gasteiger partial charge in [0.1, 0.15) is 24.3 Å². The number of carbonyl (C=O) groups is 4. The molecule has 2 atom stereocenters. The monoisotopic (exact) mass is 437 g/mol. The first-order chi connectivity index (χ1) is 14.6. The Labute approximate surface area is 181 Å². The summed E-state index contributed by atoms with van der Waals surface area (Å²) in [6, 6.07) is 6.73. The van der Waals surface area contributed by atoms with Gasteiger partial charge >= 0.3 is 12.1 Å². The lowest BCUT2D eigenvalue weighted by atomic mass is 10.1. The van der Waals surface area contributed by atoms with Gasteiger partial charge in [-0.2, -0.15) is 0 Å². The second-order valence-electron chi connectivity index (χ2n) is 7.74. The van der Waals surface area contributed by atoms with Crippen molar-refractivity contribution in [3.63, 3.8) is 0 Å². The normalized spacial score (nSPS) is 12.8. The molecule has 31 heavy (non-hydrogen) atoms. The first kappa shape index (κ1) is 25.9. The molecule has 1 aromatic carbocycles. The molecule has 3 amide bonds. The number of ether oxygens (including phenoxy) is 2. The molecule has 1 rings (SSSR count). The lowest BCUT2D eigenvalue weighted by Crippen LogP contribution is -2.55. The Bertz CT molecular complexity index is 747. The summed E-state index contributed by atoms with van der Waals surface area (Å²) in [6.07, 6.45) is -1.03.